The molecule has 0 spiro atoms. The van der Waals surface area contributed by atoms with Gasteiger partial charge >= 0.3 is 12.0 Å². The van der Waals surface area contributed by atoms with Crippen LogP contribution >= 0.6 is 0 Å². The first-order chi connectivity index (χ1) is 9.97. The van der Waals surface area contributed by atoms with Crippen molar-refractivity contribution in [2.24, 2.45) is 7.05 Å². The second-order valence-electron chi connectivity index (χ2n) is 5.51. The van der Waals surface area contributed by atoms with Crippen LogP contribution in [-0.4, -0.2) is 32.4 Å². The lowest BCUT2D eigenvalue weighted by Crippen LogP contribution is -2.55. The first-order valence-corrected chi connectivity index (χ1v) is 7.28. The van der Waals surface area contributed by atoms with Crippen LogP contribution < -0.4 is 10.6 Å². The average molecular weight is 294 g/mol. The Hall–Kier alpha value is -2.05. The average Bonchev–Trinajstić information content (AvgIpc) is 3.04. The third-order valence-corrected chi connectivity index (χ3v) is 4.04. The summed E-state index contributed by atoms with van der Waals surface area (Å²) in [6.07, 6.45) is 3.47. The Morgan fingerprint density at radius 3 is 2.62 bits per heavy atom. The lowest BCUT2D eigenvalue weighted by molar-refractivity contribution is -0.144. The Bertz CT molecular complexity index is 532. The second kappa shape index (κ2) is 6.15. The monoisotopic (exact) mass is 294 g/mol. The van der Waals surface area contributed by atoms with Gasteiger partial charge in [-0.15, -0.1) is 0 Å². The van der Waals surface area contributed by atoms with E-state index >= 15 is 0 Å². The van der Waals surface area contributed by atoms with Gasteiger partial charge in [0.05, 0.1) is 17.9 Å². The number of carboxylic acid groups (broad SMARTS) is 1. The maximum Gasteiger partial charge on any atom is 0.329 e. The van der Waals surface area contributed by atoms with Crippen LogP contribution in [0.5, 0.6) is 0 Å². The molecule has 0 atom stereocenters. The topological polar surface area (TPSA) is 96.3 Å². The van der Waals surface area contributed by atoms with Crippen LogP contribution in [-0.2, 0) is 24.8 Å². The van der Waals surface area contributed by atoms with Gasteiger partial charge in [0.1, 0.15) is 5.54 Å². The molecule has 3 N–H and O–H groups in total. The first kappa shape index (κ1) is 15.3. The van der Waals surface area contributed by atoms with Crippen LogP contribution in [0.3, 0.4) is 0 Å². The highest BCUT2D eigenvalue weighted by atomic mass is 16.4. The fourth-order valence-corrected chi connectivity index (χ4v) is 2.71. The molecule has 116 valence electrons. The number of carbonyl (C=O) groups is 2. The predicted molar refractivity (Wildman–Crippen MR) is 76.8 cm³/mol. The van der Waals surface area contributed by atoms with Crippen LogP contribution in [0.4, 0.5) is 4.79 Å². The highest BCUT2D eigenvalue weighted by molar-refractivity contribution is 5.86. The SMILES string of the molecule is CCc1cc(CNC(=O)NC2(C(=O)O)CCCC2)n(C)n1. The molecule has 1 aromatic heterocycles. The summed E-state index contributed by atoms with van der Waals surface area (Å²) >= 11 is 0. The highest BCUT2D eigenvalue weighted by Gasteiger charge is 2.42. The van der Waals surface area contributed by atoms with Crippen LogP contribution in [0, 0.1) is 0 Å². The zero-order chi connectivity index (χ0) is 15.5. The third kappa shape index (κ3) is 3.34. The lowest BCUT2D eigenvalue weighted by Gasteiger charge is -2.25. The Labute approximate surface area is 123 Å². The standard InChI is InChI=1S/C14H22N4O3/c1-3-10-8-11(18(2)17-10)9-15-13(21)16-14(12(19)20)6-4-5-7-14/h8H,3-7,9H2,1-2H3,(H,19,20)(H2,15,16,21). The van der Waals surface area contributed by atoms with Gasteiger partial charge in [0, 0.05) is 7.05 Å². The third-order valence-electron chi connectivity index (χ3n) is 4.04. The Kier molecular flexibility index (Phi) is 4.50. The van der Waals surface area contributed by atoms with Crippen molar-refractivity contribution in [3.05, 3.63) is 17.5 Å². The Morgan fingerprint density at radius 2 is 2.10 bits per heavy atom. The first-order valence-electron chi connectivity index (χ1n) is 7.28. The van der Waals surface area contributed by atoms with Crippen LogP contribution in [0.2, 0.25) is 0 Å². The quantitative estimate of drug-likeness (QED) is 0.759. The van der Waals surface area contributed by atoms with E-state index < -0.39 is 17.5 Å². The maximum absolute atomic E-state index is 12.0. The number of carboxylic acids is 1. The number of amides is 2. The van der Waals surface area contributed by atoms with Gasteiger partial charge in [-0.2, -0.15) is 5.10 Å². The Morgan fingerprint density at radius 1 is 1.43 bits per heavy atom. The predicted octanol–water partition coefficient (Wildman–Crippen LogP) is 1.18. The van der Waals surface area contributed by atoms with Crippen LogP contribution in [0.1, 0.15) is 44.0 Å². The zero-order valence-electron chi connectivity index (χ0n) is 12.5. The van der Waals surface area contributed by atoms with Gasteiger partial charge < -0.3 is 15.7 Å². The molecule has 7 heteroatoms. The number of nitrogens with one attached hydrogen (secondary N) is 2. The van der Waals surface area contributed by atoms with Gasteiger partial charge in [-0.1, -0.05) is 19.8 Å². The Balaban J connectivity index is 1.92. The van der Waals surface area contributed by atoms with Crippen molar-refractivity contribution < 1.29 is 14.7 Å². The van der Waals surface area contributed by atoms with E-state index in [9.17, 15) is 14.7 Å². The summed E-state index contributed by atoms with van der Waals surface area (Å²) in [6.45, 7) is 2.34. The lowest BCUT2D eigenvalue weighted by atomic mass is 9.98. The molecular formula is C14H22N4O3. The fourth-order valence-electron chi connectivity index (χ4n) is 2.71. The maximum atomic E-state index is 12.0. The molecule has 21 heavy (non-hydrogen) atoms. The summed E-state index contributed by atoms with van der Waals surface area (Å²) in [7, 11) is 1.82. The van der Waals surface area contributed by atoms with Crippen molar-refractivity contribution in [2.75, 3.05) is 0 Å². The summed E-state index contributed by atoms with van der Waals surface area (Å²) in [6, 6.07) is 1.49. The van der Waals surface area contributed by atoms with Gasteiger partial charge in [0.25, 0.3) is 0 Å². The van der Waals surface area contributed by atoms with E-state index in [0.29, 0.717) is 19.4 Å². The van der Waals surface area contributed by atoms with Gasteiger partial charge in [0.15, 0.2) is 0 Å². The number of rotatable bonds is 5. The summed E-state index contributed by atoms with van der Waals surface area (Å²) in [5.74, 6) is -0.955. The molecule has 1 aliphatic rings. The van der Waals surface area contributed by atoms with Crippen molar-refractivity contribution in [3.8, 4) is 0 Å². The minimum atomic E-state index is -1.11. The number of hydrogen-bond acceptors (Lipinski definition) is 3. The largest absolute Gasteiger partial charge is 0.480 e. The van der Waals surface area contributed by atoms with E-state index in [1.54, 1.807) is 4.68 Å². The number of hydrogen-bond donors (Lipinski definition) is 3. The molecule has 0 saturated heterocycles. The number of aryl methyl sites for hydroxylation is 2. The van der Waals surface area contributed by atoms with Gasteiger partial charge in [-0.25, -0.2) is 9.59 Å². The van der Waals surface area contributed by atoms with Crippen LogP contribution in [0.25, 0.3) is 0 Å². The summed E-state index contributed by atoms with van der Waals surface area (Å²) in [5, 5.41) is 19.0. The van der Waals surface area contributed by atoms with E-state index in [-0.39, 0.29) is 0 Å². The molecule has 1 aromatic rings. The van der Waals surface area contributed by atoms with E-state index in [1.807, 2.05) is 20.0 Å². The summed E-state index contributed by atoms with van der Waals surface area (Å²) in [4.78, 5) is 23.3. The molecule has 0 radical (unpaired) electrons. The zero-order valence-corrected chi connectivity index (χ0v) is 12.5. The van der Waals surface area contributed by atoms with Crippen LogP contribution in [0.15, 0.2) is 6.07 Å². The molecule has 1 heterocycles. The molecule has 1 fully saturated rings. The molecule has 0 aliphatic heterocycles. The van der Waals surface area contributed by atoms with Crippen molar-refractivity contribution in [3.63, 3.8) is 0 Å². The van der Waals surface area contributed by atoms with Crippen molar-refractivity contribution in [1.29, 1.82) is 0 Å². The van der Waals surface area contributed by atoms with E-state index in [1.165, 1.54) is 0 Å². The normalized spacial score (nSPS) is 16.7. The molecule has 2 amide bonds. The number of aromatic nitrogens is 2. The van der Waals surface area contributed by atoms with E-state index in [4.69, 9.17) is 0 Å². The minimum Gasteiger partial charge on any atom is -0.480 e. The van der Waals surface area contributed by atoms with Gasteiger partial charge in [-0.3, -0.25) is 4.68 Å². The minimum absolute atomic E-state index is 0.324. The van der Waals surface area contributed by atoms with Gasteiger partial charge in [0.2, 0.25) is 0 Å². The highest BCUT2D eigenvalue weighted by Crippen LogP contribution is 2.29. The van der Waals surface area contributed by atoms with E-state index in [2.05, 4.69) is 15.7 Å². The number of urea groups is 1. The second-order valence-corrected chi connectivity index (χ2v) is 5.51. The van der Waals surface area contributed by atoms with Crippen molar-refractivity contribution in [1.82, 2.24) is 20.4 Å². The van der Waals surface area contributed by atoms with E-state index in [0.717, 1.165) is 30.7 Å². The fraction of sp³-hybridized carbons (Fsp3) is 0.643. The molecule has 1 saturated carbocycles. The number of aliphatic carboxylic acids is 1. The molecule has 0 aromatic carbocycles. The molecule has 0 unspecified atom stereocenters. The van der Waals surface area contributed by atoms with Crippen molar-refractivity contribution in [2.45, 2.75) is 51.1 Å². The molecule has 2 rings (SSSR count). The van der Waals surface area contributed by atoms with Gasteiger partial charge in [-0.05, 0) is 25.3 Å². The molecule has 1 aliphatic carbocycles. The molecule has 0 bridgehead atoms. The number of carbonyl (C=O) groups excluding carboxylic acids is 1. The smallest absolute Gasteiger partial charge is 0.329 e. The number of nitrogens with zero attached hydrogens (tertiary/aromatic N) is 2. The summed E-state index contributed by atoms with van der Waals surface area (Å²) < 4.78 is 1.72. The van der Waals surface area contributed by atoms with Crippen molar-refractivity contribution >= 4 is 12.0 Å². The summed E-state index contributed by atoms with van der Waals surface area (Å²) in [5.41, 5.74) is 0.746. The molecule has 7 nitrogen and oxygen atoms in total. The molecular weight excluding hydrogens is 272 g/mol.